The molecule has 0 fully saturated rings. The number of nitrogens with two attached hydrogens (primary N) is 1. The monoisotopic (exact) mass is 346 g/mol. The zero-order valence-corrected chi connectivity index (χ0v) is 14.8. The minimum absolute atomic E-state index is 0.198. The fourth-order valence-electron chi connectivity index (χ4n) is 1.88. The Kier molecular flexibility index (Phi) is 7.65. The molecule has 0 unspecified atom stereocenters. The van der Waals surface area contributed by atoms with Crippen molar-refractivity contribution in [2.75, 3.05) is 18.6 Å². The summed E-state index contributed by atoms with van der Waals surface area (Å²) in [6.07, 6.45) is 5.04. The van der Waals surface area contributed by atoms with Gasteiger partial charge >= 0.3 is 0 Å². The van der Waals surface area contributed by atoms with Crippen molar-refractivity contribution in [3.8, 4) is 0 Å². The maximum Gasteiger partial charge on any atom is 0.240 e. The predicted molar refractivity (Wildman–Crippen MR) is 94.5 cm³/mol. The third kappa shape index (κ3) is 5.94. The Hall–Kier alpha value is -0.630. The molecule has 21 heavy (non-hydrogen) atoms. The van der Waals surface area contributed by atoms with Gasteiger partial charge in [0, 0.05) is 12.1 Å². The van der Waals surface area contributed by atoms with Crippen LogP contribution in [0.2, 0.25) is 0 Å². The van der Waals surface area contributed by atoms with Crippen LogP contribution < -0.4 is 10.5 Å². The Morgan fingerprint density at radius 2 is 2.05 bits per heavy atom. The molecule has 118 valence electrons. The molecule has 0 atom stereocenters. The molecule has 0 amide bonds. The van der Waals surface area contributed by atoms with Crippen LogP contribution in [0, 0.1) is 6.92 Å². The molecular formula is C14H22N2O2S3. The fraction of sp³-hybridized carbons (Fsp3) is 0.500. The third-order valence-corrected chi connectivity index (χ3v) is 5.62. The van der Waals surface area contributed by atoms with E-state index in [1.807, 2.05) is 0 Å². The number of rotatable bonds is 9. The summed E-state index contributed by atoms with van der Waals surface area (Å²) >= 11 is 6.70. The van der Waals surface area contributed by atoms with Crippen LogP contribution in [0.15, 0.2) is 23.1 Å². The van der Waals surface area contributed by atoms with Crippen molar-refractivity contribution >= 4 is 39.0 Å². The van der Waals surface area contributed by atoms with Crippen molar-refractivity contribution in [3.05, 3.63) is 29.3 Å². The van der Waals surface area contributed by atoms with Crippen molar-refractivity contribution < 1.29 is 8.42 Å². The summed E-state index contributed by atoms with van der Waals surface area (Å²) in [7, 11) is -3.51. The van der Waals surface area contributed by atoms with Gasteiger partial charge in [-0.15, -0.1) is 0 Å². The van der Waals surface area contributed by atoms with E-state index in [4.69, 9.17) is 18.0 Å². The first-order valence-corrected chi connectivity index (χ1v) is 10.1. The second-order valence-electron chi connectivity index (χ2n) is 4.80. The predicted octanol–water partition coefficient (Wildman–Crippen LogP) is 2.44. The number of benzene rings is 1. The molecule has 1 aromatic carbocycles. The van der Waals surface area contributed by atoms with Gasteiger partial charge < -0.3 is 5.73 Å². The summed E-state index contributed by atoms with van der Waals surface area (Å²) in [6, 6.07) is 4.99. The van der Waals surface area contributed by atoms with Gasteiger partial charge in [-0.05, 0) is 43.4 Å². The minimum atomic E-state index is -3.51. The smallest absolute Gasteiger partial charge is 0.240 e. The molecule has 3 N–H and O–H groups in total. The number of aryl methyl sites for hydroxylation is 1. The second-order valence-corrected chi connectivity index (χ2v) is 7.96. The van der Waals surface area contributed by atoms with Gasteiger partial charge in [-0.3, -0.25) is 0 Å². The lowest BCUT2D eigenvalue weighted by Crippen LogP contribution is -2.26. The summed E-state index contributed by atoms with van der Waals surface area (Å²) in [5.74, 6) is 1.11. The minimum Gasteiger partial charge on any atom is -0.389 e. The zero-order chi connectivity index (χ0) is 15.9. The fourth-order valence-corrected chi connectivity index (χ4v) is 3.84. The van der Waals surface area contributed by atoms with E-state index in [1.165, 1.54) is 6.07 Å². The molecule has 1 rings (SSSR count). The van der Waals surface area contributed by atoms with E-state index in [2.05, 4.69) is 11.0 Å². The number of thiocarbonyl (C=S) groups is 1. The molecule has 0 spiro atoms. The van der Waals surface area contributed by atoms with Crippen LogP contribution in [0.3, 0.4) is 0 Å². The van der Waals surface area contributed by atoms with Crippen LogP contribution in [0.4, 0.5) is 0 Å². The molecule has 1 aromatic rings. The van der Waals surface area contributed by atoms with Gasteiger partial charge in [-0.1, -0.05) is 30.8 Å². The van der Waals surface area contributed by atoms with E-state index in [-0.39, 0.29) is 9.88 Å². The Balaban J connectivity index is 2.70. The lowest BCUT2D eigenvalue weighted by atomic mass is 10.1. The van der Waals surface area contributed by atoms with Gasteiger partial charge in [0.2, 0.25) is 10.0 Å². The van der Waals surface area contributed by atoms with Crippen LogP contribution >= 0.6 is 24.0 Å². The van der Waals surface area contributed by atoms with E-state index in [9.17, 15) is 8.42 Å². The molecule has 0 aliphatic carbocycles. The van der Waals surface area contributed by atoms with Crippen molar-refractivity contribution in [2.45, 2.75) is 31.1 Å². The quantitative estimate of drug-likeness (QED) is 0.531. The molecule has 0 aromatic heterocycles. The van der Waals surface area contributed by atoms with E-state index < -0.39 is 10.0 Å². The number of unbranched alkanes of at least 4 members (excludes halogenated alkanes) is 2. The third-order valence-electron chi connectivity index (χ3n) is 3.08. The average Bonchev–Trinajstić information content (AvgIpc) is 2.42. The SMILES string of the molecule is CSCCCCCNS(=O)(=O)c1cc(C(N)=S)ccc1C. The molecule has 0 radical (unpaired) electrons. The lowest BCUT2D eigenvalue weighted by molar-refractivity contribution is 0.575. The highest BCUT2D eigenvalue weighted by Gasteiger charge is 2.17. The number of sulfonamides is 1. The van der Waals surface area contributed by atoms with Gasteiger partial charge in [0.1, 0.15) is 4.99 Å². The molecule has 0 saturated heterocycles. The molecule has 4 nitrogen and oxygen atoms in total. The Morgan fingerprint density at radius 1 is 1.33 bits per heavy atom. The highest BCUT2D eigenvalue weighted by atomic mass is 32.2. The maximum absolute atomic E-state index is 12.3. The highest BCUT2D eigenvalue weighted by Crippen LogP contribution is 2.17. The van der Waals surface area contributed by atoms with Crippen LogP contribution in [0.1, 0.15) is 30.4 Å². The van der Waals surface area contributed by atoms with Crippen LogP contribution in [0.5, 0.6) is 0 Å². The highest BCUT2D eigenvalue weighted by molar-refractivity contribution is 7.98. The number of nitrogens with one attached hydrogen (secondary N) is 1. The van der Waals surface area contributed by atoms with Gasteiger partial charge in [0.25, 0.3) is 0 Å². The van der Waals surface area contributed by atoms with Crippen LogP contribution in [-0.2, 0) is 10.0 Å². The van der Waals surface area contributed by atoms with E-state index in [1.54, 1.807) is 30.8 Å². The van der Waals surface area contributed by atoms with Crippen LogP contribution in [0.25, 0.3) is 0 Å². The Labute approximate surface area is 136 Å². The first-order chi connectivity index (χ1) is 9.88. The van der Waals surface area contributed by atoms with Crippen molar-refractivity contribution in [1.29, 1.82) is 0 Å². The topological polar surface area (TPSA) is 72.2 Å². The van der Waals surface area contributed by atoms with Gasteiger partial charge in [-0.2, -0.15) is 11.8 Å². The lowest BCUT2D eigenvalue weighted by Gasteiger charge is -2.11. The normalized spacial score (nSPS) is 11.5. The first-order valence-electron chi connectivity index (χ1n) is 6.77. The Morgan fingerprint density at radius 3 is 2.67 bits per heavy atom. The zero-order valence-electron chi connectivity index (χ0n) is 12.4. The summed E-state index contributed by atoms with van der Waals surface area (Å²) in [4.78, 5) is 0.445. The first kappa shape index (κ1) is 18.4. The van der Waals surface area contributed by atoms with Gasteiger partial charge in [0.05, 0.1) is 4.90 Å². The van der Waals surface area contributed by atoms with E-state index in [0.717, 1.165) is 25.0 Å². The van der Waals surface area contributed by atoms with Crippen molar-refractivity contribution in [1.82, 2.24) is 4.72 Å². The number of hydrogen-bond donors (Lipinski definition) is 2. The summed E-state index contributed by atoms with van der Waals surface area (Å²) in [5.41, 5.74) is 6.81. The van der Waals surface area contributed by atoms with Crippen LogP contribution in [-0.4, -0.2) is 32.0 Å². The molecule has 0 bridgehead atoms. The van der Waals surface area contributed by atoms with Gasteiger partial charge in [-0.25, -0.2) is 13.1 Å². The standard InChI is InChI=1S/C14H22N2O2S3/c1-11-6-7-12(14(15)19)10-13(11)21(17,18)16-8-4-3-5-9-20-2/h6-7,10,16H,3-5,8-9H2,1-2H3,(H2,15,19). The van der Waals surface area contributed by atoms with E-state index >= 15 is 0 Å². The van der Waals surface area contributed by atoms with Crippen molar-refractivity contribution in [3.63, 3.8) is 0 Å². The van der Waals surface area contributed by atoms with Gasteiger partial charge in [0.15, 0.2) is 0 Å². The molecule has 0 aliphatic heterocycles. The largest absolute Gasteiger partial charge is 0.389 e. The number of hydrogen-bond acceptors (Lipinski definition) is 4. The maximum atomic E-state index is 12.3. The second kappa shape index (κ2) is 8.73. The average molecular weight is 347 g/mol. The molecular weight excluding hydrogens is 324 g/mol. The summed E-state index contributed by atoms with van der Waals surface area (Å²) < 4.78 is 27.3. The molecule has 7 heteroatoms. The number of thioether (sulfide) groups is 1. The summed E-state index contributed by atoms with van der Waals surface area (Å²) in [5, 5.41) is 0. The molecule has 0 saturated carbocycles. The molecule has 0 heterocycles. The van der Waals surface area contributed by atoms with Crippen molar-refractivity contribution in [2.24, 2.45) is 5.73 Å². The summed E-state index contributed by atoms with van der Waals surface area (Å²) in [6.45, 7) is 2.21. The Bertz CT molecular complexity index is 586. The molecule has 0 aliphatic rings. The van der Waals surface area contributed by atoms with E-state index in [0.29, 0.717) is 17.7 Å².